The summed E-state index contributed by atoms with van der Waals surface area (Å²) in [5.74, 6) is 1.52. The second kappa shape index (κ2) is 6.07. The number of carbonyl (C=O) groups is 1. The summed E-state index contributed by atoms with van der Waals surface area (Å²) in [7, 11) is 1.46. The number of rotatable bonds is 2. The molecule has 2 fully saturated rings. The van der Waals surface area contributed by atoms with Crippen molar-refractivity contribution in [3.8, 4) is 0 Å². The summed E-state index contributed by atoms with van der Waals surface area (Å²) in [6.07, 6.45) is 11.1. The molecule has 3 heteroatoms. The standard InChI is InChI=1S/C21H35NO2/c1-15-6-7-17-20(4)11-10-19(2,3)13-16(20)8-9-21(17,12-15)14-22-18(23)24-5/h6,16-17H,7-14H2,1-5H3,(H,22,23)/t16?,17?,20-,21-/m1/s1. The smallest absolute Gasteiger partial charge is 0.406 e. The zero-order chi connectivity index (χ0) is 17.6. The summed E-state index contributed by atoms with van der Waals surface area (Å²) in [5, 5.41) is 3.05. The molecule has 0 spiro atoms. The normalized spacial score (nSPS) is 40.8. The maximum atomic E-state index is 11.7. The third-order valence-corrected chi connectivity index (χ3v) is 7.70. The predicted octanol–water partition coefficient (Wildman–Crippen LogP) is 5.31. The van der Waals surface area contributed by atoms with E-state index in [1.54, 1.807) is 0 Å². The minimum Gasteiger partial charge on any atom is -0.453 e. The molecule has 2 unspecified atom stereocenters. The van der Waals surface area contributed by atoms with Crippen molar-refractivity contribution in [1.29, 1.82) is 0 Å². The number of carbonyl (C=O) groups excluding carboxylic acids is 1. The van der Waals surface area contributed by atoms with Crippen molar-refractivity contribution in [2.45, 2.75) is 72.6 Å². The Bertz CT molecular complexity index is 538. The summed E-state index contributed by atoms with van der Waals surface area (Å²) >= 11 is 0. The average molecular weight is 334 g/mol. The molecular formula is C21H35NO2. The van der Waals surface area contributed by atoms with Crippen LogP contribution in [0.25, 0.3) is 0 Å². The fourth-order valence-corrected chi connectivity index (χ4v) is 6.31. The fourth-order valence-electron chi connectivity index (χ4n) is 6.31. The second-order valence-electron chi connectivity index (χ2n) is 9.83. The highest BCUT2D eigenvalue weighted by Gasteiger charge is 2.57. The molecule has 24 heavy (non-hydrogen) atoms. The molecule has 0 radical (unpaired) electrons. The van der Waals surface area contributed by atoms with E-state index in [0.29, 0.717) is 16.7 Å². The number of nitrogens with one attached hydrogen (secondary N) is 1. The van der Waals surface area contributed by atoms with Crippen molar-refractivity contribution < 1.29 is 9.53 Å². The Morgan fingerprint density at radius 3 is 2.75 bits per heavy atom. The van der Waals surface area contributed by atoms with Gasteiger partial charge in [0.2, 0.25) is 0 Å². The Kier molecular flexibility index (Phi) is 4.51. The van der Waals surface area contributed by atoms with Crippen LogP contribution in [0, 0.1) is 28.1 Å². The average Bonchev–Trinajstić information content (AvgIpc) is 2.53. The van der Waals surface area contributed by atoms with Gasteiger partial charge in [0.25, 0.3) is 0 Å². The van der Waals surface area contributed by atoms with Crippen LogP contribution in [0.1, 0.15) is 72.6 Å². The van der Waals surface area contributed by atoms with Crippen LogP contribution in [-0.2, 0) is 4.74 Å². The van der Waals surface area contributed by atoms with E-state index in [2.05, 4.69) is 39.1 Å². The summed E-state index contributed by atoms with van der Waals surface area (Å²) in [4.78, 5) is 11.7. The van der Waals surface area contributed by atoms with E-state index in [0.717, 1.165) is 18.9 Å². The lowest BCUT2D eigenvalue weighted by Gasteiger charge is -2.62. The van der Waals surface area contributed by atoms with Crippen LogP contribution in [0.2, 0.25) is 0 Å². The van der Waals surface area contributed by atoms with Crippen LogP contribution in [0.3, 0.4) is 0 Å². The number of hydrogen-bond acceptors (Lipinski definition) is 2. The zero-order valence-electron chi connectivity index (χ0n) is 16.2. The molecule has 4 atom stereocenters. The van der Waals surface area contributed by atoms with Crippen molar-refractivity contribution in [2.75, 3.05) is 13.7 Å². The highest BCUT2D eigenvalue weighted by molar-refractivity contribution is 5.66. The maximum absolute atomic E-state index is 11.7. The van der Waals surface area contributed by atoms with E-state index >= 15 is 0 Å². The first kappa shape index (κ1) is 17.8. The van der Waals surface area contributed by atoms with E-state index in [9.17, 15) is 4.79 Å². The molecule has 0 saturated heterocycles. The van der Waals surface area contributed by atoms with Gasteiger partial charge in [-0.15, -0.1) is 0 Å². The topological polar surface area (TPSA) is 38.3 Å². The van der Waals surface area contributed by atoms with E-state index in [4.69, 9.17) is 4.74 Å². The number of amides is 1. The SMILES string of the molecule is COC(=O)NC[C@]12CCC3CC(C)(C)CC[C@@]3(C)C1CC=C(C)C2. The first-order valence-electron chi connectivity index (χ1n) is 9.68. The Morgan fingerprint density at radius 2 is 2.04 bits per heavy atom. The monoisotopic (exact) mass is 333 g/mol. The zero-order valence-corrected chi connectivity index (χ0v) is 16.2. The molecule has 3 nitrogen and oxygen atoms in total. The fraction of sp³-hybridized carbons (Fsp3) is 0.857. The molecular weight excluding hydrogens is 298 g/mol. The molecule has 1 amide bonds. The molecule has 0 heterocycles. The molecule has 0 aliphatic heterocycles. The Balaban J connectivity index is 1.88. The predicted molar refractivity (Wildman–Crippen MR) is 97.8 cm³/mol. The second-order valence-corrected chi connectivity index (χ2v) is 9.83. The van der Waals surface area contributed by atoms with Crippen molar-refractivity contribution in [1.82, 2.24) is 5.32 Å². The highest BCUT2D eigenvalue weighted by atomic mass is 16.5. The summed E-state index contributed by atoms with van der Waals surface area (Å²) in [6.45, 7) is 10.5. The van der Waals surface area contributed by atoms with Crippen LogP contribution in [0.4, 0.5) is 4.79 Å². The minimum absolute atomic E-state index is 0.222. The third-order valence-electron chi connectivity index (χ3n) is 7.70. The molecule has 0 aromatic rings. The summed E-state index contributed by atoms with van der Waals surface area (Å²) in [6, 6.07) is 0. The van der Waals surface area contributed by atoms with Crippen LogP contribution < -0.4 is 5.32 Å². The first-order chi connectivity index (χ1) is 11.2. The van der Waals surface area contributed by atoms with E-state index in [-0.39, 0.29) is 11.5 Å². The van der Waals surface area contributed by atoms with Gasteiger partial charge in [0.15, 0.2) is 0 Å². The molecule has 3 aliphatic rings. The quantitative estimate of drug-likeness (QED) is 0.695. The van der Waals surface area contributed by atoms with Crippen molar-refractivity contribution in [3.63, 3.8) is 0 Å². The number of methoxy groups -OCH3 is 1. The molecule has 136 valence electrons. The third kappa shape index (κ3) is 2.99. The van der Waals surface area contributed by atoms with Crippen LogP contribution in [0.15, 0.2) is 11.6 Å². The van der Waals surface area contributed by atoms with Crippen LogP contribution in [-0.4, -0.2) is 19.7 Å². The first-order valence-corrected chi connectivity index (χ1v) is 9.68. The molecule has 0 aromatic carbocycles. The van der Waals surface area contributed by atoms with Gasteiger partial charge in [-0.1, -0.05) is 32.4 Å². The van der Waals surface area contributed by atoms with Gasteiger partial charge in [-0.3, -0.25) is 0 Å². The van der Waals surface area contributed by atoms with E-state index < -0.39 is 0 Å². The Labute approximate surface area is 147 Å². The van der Waals surface area contributed by atoms with Gasteiger partial charge in [0.1, 0.15) is 0 Å². The lowest BCUT2D eigenvalue weighted by atomic mass is 9.43. The number of alkyl carbamates (subject to hydrolysis) is 1. The largest absolute Gasteiger partial charge is 0.453 e. The number of hydrogen-bond donors (Lipinski definition) is 1. The lowest BCUT2D eigenvalue weighted by Crippen LogP contribution is -2.57. The van der Waals surface area contributed by atoms with Crippen LogP contribution in [0.5, 0.6) is 0 Å². The molecule has 0 bridgehead atoms. The van der Waals surface area contributed by atoms with Gasteiger partial charge < -0.3 is 10.1 Å². The number of ether oxygens (including phenoxy) is 1. The minimum atomic E-state index is -0.285. The van der Waals surface area contributed by atoms with E-state index in [1.807, 2.05) is 0 Å². The molecule has 1 N–H and O–H groups in total. The van der Waals surface area contributed by atoms with Gasteiger partial charge in [-0.2, -0.15) is 0 Å². The number of fused-ring (bicyclic) bond motifs is 3. The Hall–Kier alpha value is -0.990. The Morgan fingerprint density at radius 1 is 1.29 bits per heavy atom. The molecule has 3 aliphatic carbocycles. The highest BCUT2D eigenvalue weighted by Crippen LogP contribution is 2.65. The van der Waals surface area contributed by atoms with Crippen molar-refractivity contribution in [3.05, 3.63) is 11.6 Å². The van der Waals surface area contributed by atoms with Gasteiger partial charge in [-0.05, 0) is 80.0 Å². The molecule has 0 aromatic heterocycles. The van der Waals surface area contributed by atoms with Crippen molar-refractivity contribution >= 4 is 6.09 Å². The van der Waals surface area contributed by atoms with E-state index in [1.165, 1.54) is 51.2 Å². The van der Waals surface area contributed by atoms with Crippen LogP contribution >= 0.6 is 0 Å². The van der Waals surface area contributed by atoms with Gasteiger partial charge >= 0.3 is 6.09 Å². The maximum Gasteiger partial charge on any atom is 0.406 e. The van der Waals surface area contributed by atoms with Gasteiger partial charge in [0.05, 0.1) is 7.11 Å². The van der Waals surface area contributed by atoms with Gasteiger partial charge in [-0.25, -0.2) is 4.79 Å². The molecule has 3 rings (SSSR count). The van der Waals surface area contributed by atoms with Crippen molar-refractivity contribution in [2.24, 2.45) is 28.1 Å². The number of allylic oxidation sites excluding steroid dienone is 2. The lowest BCUT2D eigenvalue weighted by molar-refractivity contribution is -0.112. The molecule has 2 saturated carbocycles. The van der Waals surface area contributed by atoms with Gasteiger partial charge in [0, 0.05) is 6.54 Å². The summed E-state index contributed by atoms with van der Waals surface area (Å²) < 4.78 is 4.84. The summed E-state index contributed by atoms with van der Waals surface area (Å²) in [5.41, 5.74) is 2.63.